The summed E-state index contributed by atoms with van der Waals surface area (Å²) in [5, 5.41) is 0.312. The van der Waals surface area contributed by atoms with Crippen molar-refractivity contribution in [3.63, 3.8) is 0 Å². The molecule has 0 radical (unpaired) electrons. The van der Waals surface area contributed by atoms with Gasteiger partial charge in [-0.2, -0.15) is 0 Å². The Morgan fingerprint density at radius 2 is 1.72 bits per heavy atom. The Labute approximate surface area is 152 Å². The van der Waals surface area contributed by atoms with E-state index in [9.17, 15) is 13.2 Å². The molecule has 5 nitrogen and oxygen atoms in total. The smallest absolute Gasteiger partial charge is 0.261 e. The predicted octanol–water partition coefficient (Wildman–Crippen LogP) is 3.77. The molecule has 2 aromatic carbocycles. The first kappa shape index (κ1) is 17.8. The minimum Gasteiger partial charge on any atom is -0.339 e. The van der Waals surface area contributed by atoms with Crippen LogP contribution in [0.4, 0.5) is 5.69 Å². The number of piperidine rings is 1. The summed E-state index contributed by atoms with van der Waals surface area (Å²) in [4.78, 5) is 14.4. The first-order valence-electron chi connectivity index (χ1n) is 8.14. The van der Waals surface area contributed by atoms with E-state index in [1.54, 1.807) is 41.3 Å². The van der Waals surface area contributed by atoms with Crippen molar-refractivity contribution < 1.29 is 13.2 Å². The third kappa shape index (κ3) is 4.14. The van der Waals surface area contributed by atoms with E-state index in [-0.39, 0.29) is 10.8 Å². The zero-order valence-corrected chi connectivity index (χ0v) is 15.2. The van der Waals surface area contributed by atoms with Crippen LogP contribution in [-0.4, -0.2) is 32.3 Å². The summed E-state index contributed by atoms with van der Waals surface area (Å²) < 4.78 is 27.7. The maximum absolute atomic E-state index is 12.6. The Morgan fingerprint density at radius 1 is 1.00 bits per heavy atom. The SMILES string of the molecule is O=C(c1cccc(S(=O)(=O)Nc2ccccc2Cl)c1)N1CCCCC1. The van der Waals surface area contributed by atoms with Crippen molar-refractivity contribution in [2.45, 2.75) is 24.2 Å². The number of hydrogen-bond donors (Lipinski definition) is 1. The molecule has 3 rings (SSSR count). The van der Waals surface area contributed by atoms with Crippen LogP contribution < -0.4 is 4.72 Å². The normalized spacial score (nSPS) is 15.0. The Morgan fingerprint density at radius 3 is 2.44 bits per heavy atom. The highest BCUT2D eigenvalue weighted by Crippen LogP contribution is 2.24. The number of sulfonamides is 1. The minimum atomic E-state index is -3.83. The van der Waals surface area contributed by atoms with Crippen LogP contribution in [0.25, 0.3) is 0 Å². The summed E-state index contributed by atoms with van der Waals surface area (Å²) in [7, 11) is -3.83. The van der Waals surface area contributed by atoms with E-state index >= 15 is 0 Å². The molecular formula is C18H19ClN2O3S. The van der Waals surface area contributed by atoms with Crippen molar-refractivity contribution >= 4 is 33.2 Å². The van der Waals surface area contributed by atoms with E-state index < -0.39 is 10.0 Å². The van der Waals surface area contributed by atoms with E-state index in [1.807, 2.05) is 0 Å². The van der Waals surface area contributed by atoms with Crippen molar-refractivity contribution in [2.75, 3.05) is 17.8 Å². The molecule has 1 saturated heterocycles. The van der Waals surface area contributed by atoms with Gasteiger partial charge in [-0.15, -0.1) is 0 Å². The first-order valence-corrected chi connectivity index (χ1v) is 10.0. The molecule has 1 N–H and O–H groups in total. The fourth-order valence-electron chi connectivity index (χ4n) is 2.82. The standard InChI is InChI=1S/C18H19ClN2O3S/c19-16-9-2-3-10-17(16)20-25(23,24)15-8-6-7-14(13-15)18(22)21-11-4-1-5-12-21/h2-3,6-10,13,20H,1,4-5,11-12H2. The molecule has 0 atom stereocenters. The largest absolute Gasteiger partial charge is 0.339 e. The van der Waals surface area contributed by atoms with Gasteiger partial charge in [0.1, 0.15) is 0 Å². The number of hydrogen-bond acceptors (Lipinski definition) is 3. The lowest BCUT2D eigenvalue weighted by atomic mass is 10.1. The van der Waals surface area contributed by atoms with Gasteiger partial charge in [0.25, 0.3) is 15.9 Å². The third-order valence-corrected chi connectivity index (χ3v) is 5.85. The number of benzene rings is 2. The van der Waals surface area contributed by atoms with Crippen molar-refractivity contribution in [2.24, 2.45) is 0 Å². The molecule has 0 bridgehead atoms. The molecule has 1 heterocycles. The molecule has 0 spiro atoms. The number of anilines is 1. The van der Waals surface area contributed by atoms with E-state index in [0.717, 1.165) is 19.3 Å². The van der Waals surface area contributed by atoms with Crippen LogP contribution in [0.2, 0.25) is 5.02 Å². The number of likely N-dealkylation sites (tertiary alicyclic amines) is 1. The van der Waals surface area contributed by atoms with Gasteiger partial charge >= 0.3 is 0 Å². The van der Waals surface area contributed by atoms with Crippen LogP contribution in [0.3, 0.4) is 0 Å². The lowest BCUT2D eigenvalue weighted by Gasteiger charge is -2.26. The summed E-state index contributed by atoms with van der Waals surface area (Å²) in [5.41, 5.74) is 0.681. The maximum Gasteiger partial charge on any atom is 0.261 e. The Balaban J connectivity index is 1.85. The average Bonchev–Trinajstić information content (AvgIpc) is 2.64. The van der Waals surface area contributed by atoms with Gasteiger partial charge in [0, 0.05) is 18.7 Å². The van der Waals surface area contributed by atoms with Gasteiger partial charge in [-0.25, -0.2) is 8.42 Å². The second-order valence-corrected chi connectivity index (χ2v) is 8.06. The van der Waals surface area contributed by atoms with Gasteiger partial charge in [0.2, 0.25) is 0 Å². The van der Waals surface area contributed by atoms with Crippen molar-refractivity contribution in [1.29, 1.82) is 0 Å². The molecule has 132 valence electrons. The van der Waals surface area contributed by atoms with Gasteiger partial charge in [-0.1, -0.05) is 29.8 Å². The summed E-state index contributed by atoms with van der Waals surface area (Å²) >= 11 is 6.01. The Kier molecular flexibility index (Phi) is 5.30. The van der Waals surface area contributed by atoms with E-state index in [2.05, 4.69) is 4.72 Å². The second kappa shape index (κ2) is 7.45. The number of carbonyl (C=O) groups excluding carboxylic acids is 1. The number of rotatable bonds is 4. The summed E-state index contributed by atoms with van der Waals surface area (Å²) in [6.07, 6.45) is 3.09. The lowest BCUT2D eigenvalue weighted by molar-refractivity contribution is 0.0724. The monoisotopic (exact) mass is 378 g/mol. The zero-order valence-electron chi connectivity index (χ0n) is 13.6. The maximum atomic E-state index is 12.6. The molecular weight excluding hydrogens is 360 g/mol. The molecule has 0 aliphatic carbocycles. The van der Waals surface area contributed by atoms with Crippen LogP contribution in [-0.2, 0) is 10.0 Å². The fourth-order valence-corrected chi connectivity index (χ4v) is 4.19. The topological polar surface area (TPSA) is 66.5 Å². The third-order valence-electron chi connectivity index (χ3n) is 4.15. The molecule has 0 unspecified atom stereocenters. The minimum absolute atomic E-state index is 0.0373. The van der Waals surface area contributed by atoms with E-state index in [1.165, 1.54) is 12.1 Å². The van der Waals surface area contributed by atoms with Gasteiger partial charge in [-0.3, -0.25) is 9.52 Å². The highest BCUT2D eigenvalue weighted by atomic mass is 35.5. The fraction of sp³-hybridized carbons (Fsp3) is 0.278. The van der Waals surface area contributed by atoms with Crippen LogP contribution >= 0.6 is 11.6 Å². The highest BCUT2D eigenvalue weighted by Gasteiger charge is 2.21. The van der Waals surface area contributed by atoms with E-state index in [0.29, 0.717) is 29.4 Å². The number of amides is 1. The number of halogens is 1. The molecule has 0 aromatic heterocycles. The number of nitrogens with one attached hydrogen (secondary N) is 1. The summed E-state index contributed by atoms with van der Waals surface area (Å²) in [5.74, 6) is -0.130. The Bertz CT molecular complexity index is 877. The number of nitrogens with zero attached hydrogens (tertiary/aromatic N) is 1. The Hall–Kier alpha value is -2.05. The first-order chi connectivity index (χ1) is 12.0. The van der Waals surface area contributed by atoms with Crippen LogP contribution in [0.5, 0.6) is 0 Å². The second-order valence-electron chi connectivity index (χ2n) is 5.97. The van der Waals surface area contributed by atoms with Crippen molar-refractivity contribution in [3.8, 4) is 0 Å². The van der Waals surface area contributed by atoms with Gasteiger partial charge in [0.15, 0.2) is 0 Å². The molecule has 7 heteroatoms. The molecule has 2 aromatic rings. The molecule has 1 aliphatic rings. The summed E-state index contributed by atoms with van der Waals surface area (Å²) in [6.45, 7) is 1.43. The van der Waals surface area contributed by atoms with Crippen molar-refractivity contribution in [1.82, 2.24) is 4.90 Å². The molecule has 25 heavy (non-hydrogen) atoms. The van der Waals surface area contributed by atoms with Gasteiger partial charge in [0.05, 0.1) is 15.6 Å². The molecule has 0 saturated carbocycles. The van der Waals surface area contributed by atoms with Gasteiger partial charge < -0.3 is 4.90 Å². The average molecular weight is 379 g/mol. The molecule has 1 fully saturated rings. The zero-order chi connectivity index (χ0) is 17.9. The number of para-hydroxylation sites is 1. The quantitative estimate of drug-likeness (QED) is 0.880. The van der Waals surface area contributed by atoms with Crippen LogP contribution in [0.1, 0.15) is 29.6 Å². The van der Waals surface area contributed by atoms with Crippen LogP contribution in [0, 0.1) is 0 Å². The summed E-state index contributed by atoms with van der Waals surface area (Å²) in [6, 6.07) is 12.7. The van der Waals surface area contributed by atoms with Gasteiger partial charge in [-0.05, 0) is 49.6 Å². The highest BCUT2D eigenvalue weighted by molar-refractivity contribution is 7.92. The molecule has 1 aliphatic heterocycles. The number of carbonyl (C=O) groups is 1. The van der Waals surface area contributed by atoms with Crippen molar-refractivity contribution in [3.05, 3.63) is 59.1 Å². The molecule has 1 amide bonds. The lowest BCUT2D eigenvalue weighted by Crippen LogP contribution is -2.35. The van der Waals surface area contributed by atoms with Crippen LogP contribution in [0.15, 0.2) is 53.4 Å². The van der Waals surface area contributed by atoms with E-state index in [4.69, 9.17) is 11.6 Å². The predicted molar refractivity (Wildman–Crippen MR) is 98.5 cm³/mol.